The van der Waals surface area contributed by atoms with E-state index in [1.165, 1.54) is 24.3 Å². The summed E-state index contributed by atoms with van der Waals surface area (Å²) < 4.78 is 41.1. The van der Waals surface area contributed by atoms with Gasteiger partial charge in [0.05, 0.1) is 11.0 Å². The molecule has 29 heavy (non-hydrogen) atoms. The highest BCUT2D eigenvalue weighted by Crippen LogP contribution is 2.32. The average Bonchev–Trinajstić information content (AvgIpc) is 2.63. The van der Waals surface area contributed by atoms with Gasteiger partial charge in [-0.1, -0.05) is 24.3 Å². The van der Waals surface area contributed by atoms with Crippen LogP contribution in [0.5, 0.6) is 5.75 Å². The molecule has 1 fully saturated rings. The van der Waals surface area contributed by atoms with Gasteiger partial charge in [0.25, 0.3) is 5.69 Å². The number of benzene rings is 2. The second kappa shape index (κ2) is 10.6. The number of rotatable bonds is 5. The number of nitrogens with zero attached hydrogens (tertiary/aromatic N) is 2. The van der Waals surface area contributed by atoms with Crippen molar-refractivity contribution in [1.29, 1.82) is 0 Å². The van der Waals surface area contributed by atoms with Gasteiger partial charge in [0.1, 0.15) is 5.75 Å². The van der Waals surface area contributed by atoms with Gasteiger partial charge in [-0.2, -0.15) is 0 Å². The summed E-state index contributed by atoms with van der Waals surface area (Å²) in [6, 6.07) is 11.7. The van der Waals surface area contributed by atoms with E-state index in [4.69, 9.17) is 0 Å². The monoisotopic (exact) mass is 453 g/mol. The Kier molecular flexibility index (Phi) is 9.15. The summed E-state index contributed by atoms with van der Waals surface area (Å²) in [6.07, 6.45) is -4.75. The van der Waals surface area contributed by atoms with Crippen LogP contribution in [-0.2, 0) is 0 Å². The minimum atomic E-state index is -4.75. The second-order valence-electron chi connectivity index (χ2n) is 6.16. The van der Waals surface area contributed by atoms with Gasteiger partial charge >= 0.3 is 6.36 Å². The molecule has 0 aliphatic carbocycles. The van der Waals surface area contributed by atoms with Crippen LogP contribution in [0.25, 0.3) is 0 Å². The largest absolute Gasteiger partial charge is 0.573 e. The summed E-state index contributed by atoms with van der Waals surface area (Å²) >= 11 is 0. The minimum Gasteiger partial charge on any atom is -0.406 e. The van der Waals surface area contributed by atoms with Crippen LogP contribution in [0.1, 0.15) is 17.2 Å². The van der Waals surface area contributed by atoms with Crippen molar-refractivity contribution in [3.63, 3.8) is 0 Å². The Morgan fingerprint density at radius 2 is 1.66 bits per heavy atom. The third-order valence-corrected chi connectivity index (χ3v) is 4.34. The van der Waals surface area contributed by atoms with Crippen LogP contribution in [0.15, 0.2) is 48.5 Å². The van der Waals surface area contributed by atoms with Crippen molar-refractivity contribution in [2.24, 2.45) is 0 Å². The van der Waals surface area contributed by atoms with E-state index in [-0.39, 0.29) is 42.3 Å². The maximum Gasteiger partial charge on any atom is 0.573 e. The molecule has 1 N–H and O–H groups in total. The first kappa shape index (κ1) is 25.0. The Bertz CT molecular complexity index is 801. The van der Waals surface area contributed by atoms with Gasteiger partial charge < -0.3 is 10.1 Å². The number of alkyl halides is 3. The molecule has 2 aromatic carbocycles. The minimum absolute atomic E-state index is 0. The normalized spacial score (nSPS) is 15.6. The van der Waals surface area contributed by atoms with Crippen LogP contribution in [0.3, 0.4) is 0 Å². The molecule has 0 bridgehead atoms. The van der Waals surface area contributed by atoms with E-state index in [1.807, 2.05) is 0 Å². The van der Waals surface area contributed by atoms with E-state index in [2.05, 4.69) is 15.0 Å². The topological polar surface area (TPSA) is 67.6 Å². The Hall–Kier alpha value is -2.07. The van der Waals surface area contributed by atoms with Gasteiger partial charge in [0.2, 0.25) is 0 Å². The molecule has 0 saturated carbocycles. The molecule has 0 spiro atoms. The third kappa shape index (κ3) is 6.74. The number of nitrogens with one attached hydrogen (secondary N) is 1. The summed E-state index contributed by atoms with van der Waals surface area (Å²) in [5, 5.41) is 14.4. The fraction of sp³-hybridized carbons (Fsp3) is 0.333. The standard InChI is InChI=1S/C18H18F3N3O3.2ClH/c19-18(20,21)27-16-6-4-13(5-7-16)17(23-10-8-22-9-11-23)14-2-1-3-15(12-14)24(25)26;;/h1-7,12,17,22H,8-11H2;2*1H/t17-;;/m1../s1. The zero-order chi connectivity index (χ0) is 19.4. The highest BCUT2D eigenvalue weighted by molar-refractivity contribution is 5.85. The highest BCUT2D eigenvalue weighted by atomic mass is 35.5. The lowest BCUT2D eigenvalue weighted by molar-refractivity contribution is -0.384. The number of nitro groups is 1. The van der Waals surface area contributed by atoms with Crippen molar-refractivity contribution in [1.82, 2.24) is 10.2 Å². The van der Waals surface area contributed by atoms with Crippen molar-refractivity contribution in [3.05, 3.63) is 69.8 Å². The number of nitro benzene ring substituents is 1. The summed E-state index contributed by atoms with van der Waals surface area (Å²) in [4.78, 5) is 12.8. The van der Waals surface area contributed by atoms with Gasteiger partial charge in [0, 0.05) is 38.3 Å². The number of halogens is 5. The first-order valence-electron chi connectivity index (χ1n) is 8.38. The molecule has 1 aliphatic heterocycles. The molecule has 0 unspecified atom stereocenters. The van der Waals surface area contributed by atoms with E-state index < -0.39 is 11.3 Å². The van der Waals surface area contributed by atoms with Crippen molar-refractivity contribution in [3.8, 4) is 5.75 Å². The zero-order valence-corrected chi connectivity index (χ0v) is 16.7. The van der Waals surface area contributed by atoms with E-state index in [0.717, 1.165) is 24.2 Å². The maximum absolute atomic E-state index is 12.4. The number of ether oxygens (including phenoxy) is 1. The smallest absolute Gasteiger partial charge is 0.406 e. The fourth-order valence-electron chi connectivity index (χ4n) is 3.21. The third-order valence-electron chi connectivity index (χ3n) is 4.34. The van der Waals surface area contributed by atoms with Crippen LogP contribution in [0.4, 0.5) is 18.9 Å². The molecule has 1 atom stereocenters. The lowest BCUT2D eigenvalue weighted by Gasteiger charge is -2.35. The van der Waals surface area contributed by atoms with Crippen molar-refractivity contribution >= 4 is 30.5 Å². The van der Waals surface area contributed by atoms with Gasteiger partial charge in [-0.3, -0.25) is 15.0 Å². The molecule has 1 heterocycles. The first-order chi connectivity index (χ1) is 12.8. The second-order valence-corrected chi connectivity index (χ2v) is 6.16. The molecule has 11 heteroatoms. The predicted molar refractivity (Wildman–Crippen MR) is 107 cm³/mol. The molecule has 160 valence electrons. The number of non-ortho nitro benzene ring substituents is 1. The number of hydrogen-bond donors (Lipinski definition) is 1. The van der Waals surface area contributed by atoms with Crippen LogP contribution < -0.4 is 10.1 Å². The Morgan fingerprint density at radius 1 is 1.03 bits per heavy atom. The lowest BCUT2D eigenvalue weighted by Crippen LogP contribution is -2.45. The summed E-state index contributed by atoms with van der Waals surface area (Å²) in [5.74, 6) is -0.302. The Labute approximate surface area is 178 Å². The molecule has 2 aromatic rings. The molecule has 0 aromatic heterocycles. The summed E-state index contributed by atoms with van der Waals surface area (Å²) in [6.45, 7) is 2.96. The predicted octanol–water partition coefficient (Wildman–Crippen LogP) is 4.33. The fourth-order valence-corrected chi connectivity index (χ4v) is 3.21. The van der Waals surface area contributed by atoms with Crippen LogP contribution >= 0.6 is 24.8 Å². The molecule has 6 nitrogen and oxygen atoms in total. The first-order valence-corrected chi connectivity index (χ1v) is 8.38. The van der Waals surface area contributed by atoms with Gasteiger partial charge in [-0.25, -0.2) is 0 Å². The maximum atomic E-state index is 12.4. The number of piperazine rings is 1. The van der Waals surface area contributed by atoms with E-state index in [0.29, 0.717) is 13.1 Å². The molecule has 1 aliphatic rings. The SMILES string of the molecule is Cl.Cl.O=[N+]([O-])c1cccc([C@@H](c2ccc(OC(F)(F)F)cc2)N2CCNCC2)c1. The van der Waals surface area contributed by atoms with E-state index in [9.17, 15) is 23.3 Å². The summed E-state index contributed by atoms with van der Waals surface area (Å²) in [7, 11) is 0. The molecular formula is C18H20Cl2F3N3O3. The lowest BCUT2D eigenvalue weighted by atomic mass is 9.96. The molecular weight excluding hydrogens is 434 g/mol. The van der Waals surface area contributed by atoms with Crippen LogP contribution in [0.2, 0.25) is 0 Å². The molecule has 1 saturated heterocycles. The zero-order valence-electron chi connectivity index (χ0n) is 15.1. The highest BCUT2D eigenvalue weighted by Gasteiger charge is 2.31. The average molecular weight is 454 g/mol. The van der Waals surface area contributed by atoms with Crippen LogP contribution in [0, 0.1) is 10.1 Å². The van der Waals surface area contributed by atoms with Gasteiger partial charge in [-0.15, -0.1) is 38.0 Å². The van der Waals surface area contributed by atoms with Crippen molar-refractivity contribution in [2.45, 2.75) is 12.4 Å². The molecule has 3 rings (SSSR count). The van der Waals surface area contributed by atoms with Crippen molar-refractivity contribution in [2.75, 3.05) is 26.2 Å². The molecule has 0 radical (unpaired) electrons. The number of hydrogen-bond acceptors (Lipinski definition) is 5. The van der Waals surface area contributed by atoms with Crippen molar-refractivity contribution < 1.29 is 22.8 Å². The Morgan fingerprint density at radius 3 is 2.21 bits per heavy atom. The van der Waals surface area contributed by atoms with Crippen LogP contribution in [-0.4, -0.2) is 42.4 Å². The quantitative estimate of drug-likeness (QED) is 0.538. The van der Waals surface area contributed by atoms with E-state index >= 15 is 0 Å². The van der Waals surface area contributed by atoms with Gasteiger partial charge in [-0.05, 0) is 23.3 Å². The Balaban J connectivity index is 0.00000210. The summed E-state index contributed by atoms with van der Waals surface area (Å²) in [5.41, 5.74) is 1.44. The van der Waals surface area contributed by atoms with Gasteiger partial charge in [0.15, 0.2) is 0 Å². The van der Waals surface area contributed by atoms with E-state index in [1.54, 1.807) is 24.3 Å². The molecule has 0 amide bonds.